The maximum Gasteiger partial charge on any atom is 0.130 e. The summed E-state index contributed by atoms with van der Waals surface area (Å²) in [6.45, 7) is 10.2. The number of anilines is 1. The number of nitrogens with zero attached hydrogens (tertiary/aromatic N) is 2. The summed E-state index contributed by atoms with van der Waals surface area (Å²) in [6.07, 6.45) is 0. The molecule has 0 spiro atoms. The molecule has 0 bridgehead atoms. The van der Waals surface area contributed by atoms with Crippen LogP contribution in [-0.4, -0.2) is 9.97 Å². The van der Waals surface area contributed by atoms with Crippen molar-refractivity contribution in [3.63, 3.8) is 0 Å². The van der Waals surface area contributed by atoms with Gasteiger partial charge in [0.2, 0.25) is 0 Å². The highest BCUT2D eigenvalue weighted by atomic mass is 14.9. The zero-order chi connectivity index (χ0) is 13.4. The molecule has 94 valence electrons. The fourth-order valence-electron chi connectivity index (χ4n) is 2.13. The van der Waals surface area contributed by atoms with E-state index in [4.69, 9.17) is 5.73 Å². The summed E-state index contributed by atoms with van der Waals surface area (Å²) < 4.78 is 0. The number of nitrogen functional groups attached to an aromatic ring is 1. The molecular weight excluding hydrogens is 222 g/mol. The number of hydrogen-bond acceptors (Lipinski definition) is 3. The van der Waals surface area contributed by atoms with Crippen molar-refractivity contribution in [2.75, 3.05) is 5.73 Å². The molecule has 2 N–H and O–H groups in total. The zero-order valence-electron chi connectivity index (χ0n) is 11.6. The smallest absolute Gasteiger partial charge is 0.130 e. The van der Waals surface area contributed by atoms with Gasteiger partial charge in [-0.2, -0.15) is 0 Å². The summed E-state index contributed by atoms with van der Waals surface area (Å²) in [5, 5.41) is 0. The van der Waals surface area contributed by atoms with E-state index in [2.05, 4.69) is 42.9 Å². The molecule has 18 heavy (non-hydrogen) atoms. The molecule has 2 rings (SSSR count). The van der Waals surface area contributed by atoms with Gasteiger partial charge in [0.25, 0.3) is 0 Å². The molecule has 0 fully saturated rings. The molecule has 0 aliphatic rings. The molecule has 3 nitrogen and oxygen atoms in total. The fourth-order valence-corrected chi connectivity index (χ4v) is 2.13. The number of aryl methyl sites for hydroxylation is 4. The Kier molecular flexibility index (Phi) is 3.07. The molecule has 0 saturated carbocycles. The summed E-state index contributed by atoms with van der Waals surface area (Å²) in [7, 11) is 0. The Morgan fingerprint density at radius 3 is 2.11 bits per heavy atom. The second kappa shape index (κ2) is 4.41. The molecule has 1 aromatic heterocycles. The molecule has 0 aliphatic heterocycles. The first-order valence-corrected chi connectivity index (χ1v) is 6.09. The number of hydrogen-bond donors (Lipinski definition) is 1. The molecule has 0 atom stereocenters. The van der Waals surface area contributed by atoms with E-state index in [1.807, 2.05) is 13.8 Å². The van der Waals surface area contributed by atoms with Crippen LogP contribution in [0.25, 0.3) is 11.3 Å². The van der Waals surface area contributed by atoms with E-state index in [0.29, 0.717) is 11.6 Å². The maximum atomic E-state index is 5.93. The number of benzene rings is 1. The average Bonchev–Trinajstić information content (AvgIpc) is 2.29. The first-order valence-electron chi connectivity index (χ1n) is 6.09. The van der Waals surface area contributed by atoms with Crippen molar-refractivity contribution < 1.29 is 0 Å². The third-order valence-corrected chi connectivity index (χ3v) is 3.39. The summed E-state index contributed by atoms with van der Waals surface area (Å²) in [5.74, 6) is 1.28. The second-order valence-corrected chi connectivity index (χ2v) is 4.88. The summed E-state index contributed by atoms with van der Waals surface area (Å²) >= 11 is 0. The van der Waals surface area contributed by atoms with Crippen LogP contribution < -0.4 is 5.73 Å². The van der Waals surface area contributed by atoms with E-state index >= 15 is 0 Å². The predicted molar refractivity (Wildman–Crippen MR) is 75.6 cm³/mol. The number of nitrogens with two attached hydrogens (primary N) is 1. The highest BCUT2D eigenvalue weighted by Gasteiger charge is 2.12. The van der Waals surface area contributed by atoms with E-state index in [-0.39, 0.29) is 0 Å². The molecular formula is C15H19N3. The van der Waals surface area contributed by atoms with Gasteiger partial charge in [0.1, 0.15) is 11.6 Å². The van der Waals surface area contributed by atoms with Gasteiger partial charge < -0.3 is 5.73 Å². The summed E-state index contributed by atoms with van der Waals surface area (Å²) in [6, 6.07) is 4.37. The molecule has 1 aromatic carbocycles. The lowest BCUT2D eigenvalue weighted by Crippen LogP contribution is -2.03. The van der Waals surface area contributed by atoms with E-state index in [1.54, 1.807) is 0 Å². The molecule has 3 heteroatoms. The van der Waals surface area contributed by atoms with Gasteiger partial charge in [-0.25, -0.2) is 9.97 Å². The molecule has 0 radical (unpaired) electrons. The molecule has 2 aromatic rings. The summed E-state index contributed by atoms with van der Waals surface area (Å²) in [4.78, 5) is 8.74. The zero-order valence-corrected chi connectivity index (χ0v) is 11.6. The predicted octanol–water partition coefficient (Wildman–Crippen LogP) is 3.27. The van der Waals surface area contributed by atoms with Crippen molar-refractivity contribution in [1.29, 1.82) is 0 Å². The van der Waals surface area contributed by atoms with Gasteiger partial charge in [0.05, 0.1) is 5.69 Å². The number of rotatable bonds is 1. The Morgan fingerprint density at radius 1 is 0.833 bits per heavy atom. The first kappa shape index (κ1) is 12.6. The first-order chi connectivity index (χ1) is 8.40. The minimum Gasteiger partial charge on any atom is -0.383 e. The SMILES string of the molecule is Cc1nc(N)c(C)c(-c2cc(C)c(C)cc2C)n1. The normalized spacial score (nSPS) is 10.7. The lowest BCUT2D eigenvalue weighted by Gasteiger charge is -2.13. The Balaban J connectivity index is 2.73. The molecule has 0 aliphatic carbocycles. The van der Waals surface area contributed by atoms with Gasteiger partial charge in [-0.1, -0.05) is 6.07 Å². The van der Waals surface area contributed by atoms with Crippen molar-refractivity contribution in [3.8, 4) is 11.3 Å². The van der Waals surface area contributed by atoms with Crippen molar-refractivity contribution >= 4 is 5.82 Å². The van der Waals surface area contributed by atoms with Crippen LogP contribution in [0.3, 0.4) is 0 Å². The average molecular weight is 241 g/mol. The van der Waals surface area contributed by atoms with Crippen LogP contribution in [-0.2, 0) is 0 Å². The topological polar surface area (TPSA) is 51.8 Å². The van der Waals surface area contributed by atoms with Crippen LogP contribution in [0.15, 0.2) is 12.1 Å². The Morgan fingerprint density at radius 2 is 1.44 bits per heavy atom. The van der Waals surface area contributed by atoms with Crippen LogP contribution in [0.4, 0.5) is 5.82 Å². The van der Waals surface area contributed by atoms with Crippen LogP contribution in [0, 0.1) is 34.6 Å². The Labute approximate surface area is 108 Å². The minimum absolute atomic E-state index is 0.565. The quantitative estimate of drug-likeness (QED) is 0.833. The third-order valence-electron chi connectivity index (χ3n) is 3.39. The highest BCUT2D eigenvalue weighted by Crippen LogP contribution is 2.29. The van der Waals surface area contributed by atoms with Gasteiger partial charge in [0.15, 0.2) is 0 Å². The van der Waals surface area contributed by atoms with Crippen LogP contribution in [0.2, 0.25) is 0 Å². The second-order valence-electron chi connectivity index (χ2n) is 4.88. The third kappa shape index (κ3) is 2.08. The lowest BCUT2D eigenvalue weighted by atomic mass is 9.96. The van der Waals surface area contributed by atoms with Gasteiger partial charge in [-0.15, -0.1) is 0 Å². The molecule has 0 amide bonds. The van der Waals surface area contributed by atoms with Gasteiger partial charge in [0, 0.05) is 11.1 Å². The van der Waals surface area contributed by atoms with Gasteiger partial charge >= 0.3 is 0 Å². The largest absolute Gasteiger partial charge is 0.383 e. The monoisotopic (exact) mass is 241 g/mol. The standard InChI is InChI=1S/C15H19N3/c1-8-6-10(3)13(7-9(8)2)14-11(4)15(16)18-12(5)17-14/h6-7H,1-5H3,(H2,16,17,18). The summed E-state index contributed by atoms with van der Waals surface area (Å²) in [5.41, 5.74) is 12.8. The van der Waals surface area contributed by atoms with Gasteiger partial charge in [-0.3, -0.25) is 0 Å². The van der Waals surface area contributed by atoms with Crippen molar-refractivity contribution in [3.05, 3.63) is 40.2 Å². The fraction of sp³-hybridized carbons (Fsp3) is 0.333. The Bertz CT molecular complexity index is 616. The molecule has 1 heterocycles. The van der Waals surface area contributed by atoms with E-state index in [1.165, 1.54) is 16.7 Å². The van der Waals surface area contributed by atoms with Crippen molar-refractivity contribution in [2.24, 2.45) is 0 Å². The molecule has 0 unspecified atom stereocenters. The number of aromatic nitrogens is 2. The molecule has 0 saturated heterocycles. The van der Waals surface area contributed by atoms with Crippen LogP contribution >= 0.6 is 0 Å². The van der Waals surface area contributed by atoms with Crippen molar-refractivity contribution in [1.82, 2.24) is 9.97 Å². The van der Waals surface area contributed by atoms with Crippen molar-refractivity contribution in [2.45, 2.75) is 34.6 Å². The van der Waals surface area contributed by atoms with Gasteiger partial charge in [-0.05, 0) is 57.4 Å². The van der Waals surface area contributed by atoms with E-state index in [9.17, 15) is 0 Å². The minimum atomic E-state index is 0.565. The van der Waals surface area contributed by atoms with Crippen LogP contribution in [0.5, 0.6) is 0 Å². The van der Waals surface area contributed by atoms with Crippen LogP contribution in [0.1, 0.15) is 28.1 Å². The Hall–Kier alpha value is -1.90. The van der Waals surface area contributed by atoms with E-state index in [0.717, 1.165) is 16.8 Å². The van der Waals surface area contributed by atoms with E-state index < -0.39 is 0 Å². The highest BCUT2D eigenvalue weighted by molar-refractivity contribution is 5.71. The lowest BCUT2D eigenvalue weighted by molar-refractivity contribution is 1.04. The maximum absolute atomic E-state index is 5.93.